The van der Waals surface area contributed by atoms with Gasteiger partial charge in [-0.25, -0.2) is 12.8 Å². The highest BCUT2D eigenvalue weighted by molar-refractivity contribution is 7.89. The Hall–Kier alpha value is -3.80. The van der Waals surface area contributed by atoms with Crippen LogP contribution in [0.2, 0.25) is 0 Å². The number of likely N-dealkylation sites (N-methyl/N-ethyl adjacent to an activating group) is 1. The third-order valence-corrected chi connectivity index (χ3v) is 9.52. The van der Waals surface area contributed by atoms with Crippen LogP contribution in [0.5, 0.6) is 5.75 Å². The second kappa shape index (κ2) is 13.9. The first-order valence-electron chi connectivity index (χ1n) is 14.7. The fourth-order valence-electron chi connectivity index (χ4n) is 5.22. The van der Waals surface area contributed by atoms with Crippen LogP contribution in [-0.4, -0.2) is 67.8 Å². The largest absolute Gasteiger partial charge is 0.480 e. The van der Waals surface area contributed by atoms with Gasteiger partial charge in [-0.1, -0.05) is 62.4 Å². The van der Waals surface area contributed by atoms with Crippen molar-refractivity contribution in [2.75, 3.05) is 26.2 Å². The van der Waals surface area contributed by atoms with Gasteiger partial charge in [0.05, 0.1) is 18.0 Å². The first-order valence-corrected chi connectivity index (χ1v) is 16.2. The zero-order valence-electron chi connectivity index (χ0n) is 25.5. The number of amides is 1. The van der Waals surface area contributed by atoms with Gasteiger partial charge in [-0.15, -0.1) is 0 Å². The number of carbonyl (C=O) groups excluding carboxylic acids is 2. The van der Waals surface area contributed by atoms with Crippen LogP contribution < -0.4 is 10.5 Å². The standard InChI is InChI=1S/C33H40FN3O6S/c1-5-36(6-2)31(38)30(23(3)4)42-32(39)29(35)19-24-12-10-17-28(18-24)44(40,41)37-21-33(22-37,25-13-8-7-9-14-25)43-27-16-11-15-26(34)20-27/h7-18,20,23,29-30H,5-6,19,21-22,35H2,1-4H3/t29-,30?/m0/s1. The average Bonchev–Trinajstić information content (AvgIpc) is 2.98. The molecule has 0 saturated carbocycles. The van der Waals surface area contributed by atoms with E-state index in [2.05, 4.69) is 0 Å². The highest BCUT2D eigenvalue weighted by Gasteiger charge is 2.52. The van der Waals surface area contributed by atoms with Gasteiger partial charge in [-0.05, 0) is 61.6 Å². The number of rotatable bonds is 13. The maximum Gasteiger partial charge on any atom is 0.324 e. The van der Waals surface area contributed by atoms with Crippen LogP contribution in [-0.2, 0) is 36.4 Å². The number of nitrogens with zero attached hydrogens (tertiary/aromatic N) is 2. The molecule has 1 amide bonds. The van der Waals surface area contributed by atoms with Gasteiger partial charge in [0.2, 0.25) is 10.0 Å². The normalized spacial score (nSPS) is 16.1. The van der Waals surface area contributed by atoms with Crippen molar-refractivity contribution in [2.24, 2.45) is 11.7 Å². The number of benzene rings is 3. The molecule has 0 aromatic heterocycles. The lowest BCUT2D eigenvalue weighted by Gasteiger charge is -2.48. The molecule has 236 valence electrons. The molecule has 0 aliphatic carbocycles. The molecule has 9 nitrogen and oxygen atoms in total. The van der Waals surface area contributed by atoms with Crippen LogP contribution in [0, 0.1) is 11.7 Å². The molecule has 2 N–H and O–H groups in total. The summed E-state index contributed by atoms with van der Waals surface area (Å²) in [5, 5.41) is 0. The third-order valence-electron chi connectivity index (χ3n) is 7.73. The van der Waals surface area contributed by atoms with Crippen LogP contribution in [0.15, 0.2) is 83.8 Å². The molecule has 1 aliphatic heterocycles. The van der Waals surface area contributed by atoms with Gasteiger partial charge in [-0.3, -0.25) is 9.59 Å². The van der Waals surface area contributed by atoms with Crippen molar-refractivity contribution in [1.82, 2.24) is 9.21 Å². The first kappa shape index (κ1) is 33.1. The van der Waals surface area contributed by atoms with Crippen molar-refractivity contribution >= 4 is 21.9 Å². The lowest BCUT2D eigenvalue weighted by molar-refractivity contribution is -0.164. The summed E-state index contributed by atoms with van der Waals surface area (Å²) < 4.78 is 54.3. The monoisotopic (exact) mass is 625 g/mol. The number of halogens is 1. The van der Waals surface area contributed by atoms with E-state index in [1.165, 1.54) is 34.6 Å². The molecule has 1 fully saturated rings. The van der Waals surface area contributed by atoms with Crippen molar-refractivity contribution in [3.63, 3.8) is 0 Å². The van der Waals surface area contributed by atoms with E-state index < -0.39 is 39.6 Å². The summed E-state index contributed by atoms with van der Waals surface area (Å²) in [5.41, 5.74) is 6.47. The van der Waals surface area contributed by atoms with Crippen molar-refractivity contribution in [3.05, 3.63) is 95.8 Å². The van der Waals surface area contributed by atoms with Crippen LogP contribution in [0.25, 0.3) is 0 Å². The number of ether oxygens (including phenoxy) is 2. The van der Waals surface area contributed by atoms with Crippen molar-refractivity contribution in [3.8, 4) is 5.75 Å². The molecular formula is C33H40FN3O6S. The molecule has 1 saturated heterocycles. The van der Waals surface area contributed by atoms with Gasteiger partial charge in [0, 0.05) is 19.2 Å². The smallest absolute Gasteiger partial charge is 0.324 e. The SMILES string of the molecule is CCN(CC)C(=O)C(OC(=O)[C@@H](N)Cc1cccc(S(=O)(=O)N2CC(Oc3cccc(F)c3)(c3ccccc3)C2)c1)C(C)C. The molecule has 1 heterocycles. The highest BCUT2D eigenvalue weighted by atomic mass is 32.2. The second-order valence-corrected chi connectivity index (χ2v) is 13.2. The summed E-state index contributed by atoms with van der Waals surface area (Å²) in [7, 11) is -3.95. The Balaban J connectivity index is 1.47. The number of nitrogens with two attached hydrogens (primary N) is 1. The third kappa shape index (κ3) is 7.28. The molecule has 0 bridgehead atoms. The molecular weight excluding hydrogens is 585 g/mol. The van der Waals surface area contributed by atoms with Crippen LogP contribution in [0.1, 0.15) is 38.8 Å². The zero-order valence-corrected chi connectivity index (χ0v) is 26.3. The van der Waals surface area contributed by atoms with Gasteiger partial charge in [-0.2, -0.15) is 4.31 Å². The number of hydrogen-bond acceptors (Lipinski definition) is 7. The Kier molecular flexibility index (Phi) is 10.4. The molecule has 0 radical (unpaired) electrons. The van der Waals surface area contributed by atoms with E-state index in [4.69, 9.17) is 15.2 Å². The molecule has 2 atom stereocenters. The molecule has 1 unspecified atom stereocenters. The summed E-state index contributed by atoms with van der Waals surface area (Å²) in [6.45, 7) is 8.31. The lowest BCUT2D eigenvalue weighted by atomic mass is 9.87. The molecule has 4 rings (SSSR count). The topological polar surface area (TPSA) is 119 Å². The number of sulfonamides is 1. The lowest BCUT2D eigenvalue weighted by Crippen LogP contribution is -2.64. The Bertz CT molecular complexity index is 1560. The Morgan fingerprint density at radius 3 is 2.25 bits per heavy atom. The molecule has 1 aliphatic rings. The molecule has 11 heteroatoms. The highest BCUT2D eigenvalue weighted by Crippen LogP contribution is 2.40. The Labute approximate surface area is 258 Å². The summed E-state index contributed by atoms with van der Waals surface area (Å²) in [6, 6.07) is 20.1. The summed E-state index contributed by atoms with van der Waals surface area (Å²) in [4.78, 5) is 27.4. The van der Waals surface area contributed by atoms with E-state index in [0.717, 1.165) is 5.56 Å². The molecule has 44 heavy (non-hydrogen) atoms. The minimum Gasteiger partial charge on any atom is -0.480 e. The maximum atomic E-state index is 13.9. The van der Waals surface area contributed by atoms with Gasteiger partial charge < -0.3 is 20.1 Å². The van der Waals surface area contributed by atoms with Crippen molar-refractivity contribution in [2.45, 2.75) is 56.8 Å². The van der Waals surface area contributed by atoms with Crippen LogP contribution in [0.3, 0.4) is 0 Å². The number of hydrogen-bond donors (Lipinski definition) is 1. The van der Waals surface area contributed by atoms with Crippen LogP contribution >= 0.6 is 0 Å². The second-order valence-electron chi connectivity index (χ2n) is 11.3. The fraction of sp³-hybridized carbons (Fsp3) is 0.394. The molecule has 3 aromatic carbocycles. The maximum absolute atomic E-state index is 13.9. The number of carbonyl (C=O) groups is 2. The predicted molar refractivity (Wildman–Crippen MR) is 165 cm³/mol. The zero-order chi connectivity index (χ0) is 32.1. The fourth-order valence-corrected chi connectivity index (χ4v) is 6.82. The number of esters is 1. The molecule has 0 spiro atoms. The van der Waals surface area contributed by atoms with Gasteiger partial charge in [0.25, 0.3) is 5.91 Å². The van der Waals surface area contributed by atoms with Gasteiger partial charge in [0.1, 0.15) is 17.6 Å². The Morgan fingerprint density at radius 2 is 1.64 bits per heavy atom. The van der Waals surface area contributed by atoms with E-state index >= 15 is 0 Å². The minimum atomic E-state index is -3.95. The van der Waals surface area contributed by atoms with E-state index in [-0.39, 0.29) is 36.2 Å². The van der Waals surface area contributed by atoms with Crippen molar-refractivity contribution in [1.29, 1.82) is 0 Å². The summed E-state index contributed by atoms with van der Waals surface area (Å²) in [6.07, 6.45) is -0.950. The van der Waals surface area contributed by atoms with E-state index in [0.29, 0.717) is 24.4 Å². The first-order chi connectivity index (χ1) is 20.9. The average molecular weight is 626 g/mol. The van der Waals surface area contributed by atoms with Crippen LogP contribution in [0.4, 0.5) is 4.39 Å². The molecule has 3 aromatic rings. The Morgan fingerprint density at radius 1 is 0.977 bits per heavy atom. The van der Waals surface area contributed by atoms with E-state index in [9.17, 15) is 22.4 Å². The summed E-state index contributed by atoms with van der Waals surface area (Å²) >= 11 is 0. The minimum absolute atomic E-state index is 0.0169. The quantitative estimate of drug-likeness (QED) is 0.284. The van der Waals surface area contributed by atoms with Crippen molar-refractivity contribution < 1.29 is 31.9 Å². The van der Waals surface area contributed by atoms with Gasteiger partial charge >= 0.3 is 5.97 Å². The predicted octanol–water partition coefficient (Wildman–Crippen LogP) is 4.11. The summed E-state index contributed by atoms with van der Waals surface area (Å²) in [5.74, 6) is -1.42. The van der Waals surface area contributed by atoms with Gasteiger partial charge in [0.15, 0.2) is 11.7 Å². The van der Waals surface area contributed by atoms with E-state index in [1.54, 1.807) is 36.9 Å². The van der Waals surface area contributed by atoms with E-state index in [1.807, 2.05) is 44.2 Å².